The second-order valence-corrected chi connectivity index (χ2v) is 11.7. The third kappa shape index (κ3) is 5.73. The third-order valence-electron chi connectivity index (χ3n) is 8.76. The van der Waals surface area contributed by atoms with E-state index < -0.39 is 0 Å². The zero-order valence-corrected chi connectivity index (χ0v) is 25.5. The second kappa shape index (κ2) is 12.1. The Morgan fingerprint density at radius 1 is 0.929 bits per heavy atom. The molecule has 0 spiro atoms. The molecular weight excluding hydrogens is 526 g/mol. The fourth-order valence-electron chi connectivity index (χ4n) is 6.30. The van der Waals surface area contributed by atoms with Crippen LogP contribution in [0, 0.1) is 0 Å². The maximum absolute atomic E-state index is 5.88. The second-order valence-electron chi connectivity index (χ2n) is 11.7. The molecular formula is C32H43N9O. The van der Waals surface area contributed by atoms with Gasteiger partial charge in [0.15, 0.2) is 0 Å². The monoisotopic (exact) mass is 569 g/mol. The maximum atomic E-state index is 5.88. The number of rotatable bonds is 8. The van der Waals surface area contributed by atoms with Crippen LogP contribution in [-0.4, -0.2) is 96.1 Å². The van der Waals surface area contributed by atoms with E-state index in [-0.39, 0.29) is 0 Å². The maximum Gasteiger partial charge on any atom is 0.144 e. The molecule has 0 bridgehead atoms. The summed E-state index contributed by atoms with van der Waals surface area (Å²) in [6, 6.07) is 13.6. The Hall–Kier alpha value is -3.89. The number of methoxy groups -OCH3 is 1. The molecule has 10 heteroatoms. The van der Waals surface area contributed by atoms with Crippen LogP contribution in [0.1, 0.15) is 32.7 Å². The summed E-state index contributed by atoms with van der Waals surface area (Å²) in [5, 5.41) is 12.6. The topological polar surface area (TPSA) is 86.6 Å². The summed E-state index contributed by atoms with van der Waals surface area (Å²) in [7, 11) is 5.92. The van der Waals surface area contributed by atoms with Crippen LogP contribution in [0.25, 0.3) is 22.2 Å². The van der Waals surface area contributed by atoms with Crippen molar-refractivity contribution in [2.45, 2.75) is 38.8 Å². The summed E-state index contributed by atoms with van der Waals surface area (Å²) in [6.07, 6.45) is 5.88. The van der Waals surface area contributed by atoms with Crippen molar-refractivity contribution in [2.75, 3.05) is 76.0 Å². The fourth-order valence-corrected chi connectivity index (χ4v) is 6.30. The predicted octanol–water partition coefficient (Wildman–Crippen LogP) is 5.08. The van der Waals surface area contributed by atoms with E-state index in [0.29, 0.717) is 17.9 Å². The molecule has 4 heterocycles. The molecule has 2 aliphatic rings. The van der Waals surface area contributed by atoms with Crippen LogP contribution in [0.15, 0.2) is 48.9 Å². The van der Waals surface area contributed by atoms with E-state index in [1.165, 1.54) is 44.7 Å². The highest BCUT2D eigenvalue weighted by Gasteiger charge is 2.28. The minimum Gasteiger partial charge on any atom is -0.494 e. The van der Waals surface area contributed by atoms with Gasteiger partial charge in [0.25, 0.3) is 0 Å². The Bertz CT molecular complexity index is 1520. The number of aromatic nitrogens is 4. The van der Waals surface area contributed by atoms with Crippen LogP contribution >= 0.6 is 0 Å². The van der Waals surface area contributed by atoms with E-state index in [0.717, 1.165) is 52.4 Å². The molecule has 10 nitrogen and oxygen atoms in total. The molecule has 0 saturated carbocycles. The standard InChI is InChI=1S/C32H43N9O/c1-22(2)41-29-7-6-23(16-24(29)20-36-41)26-18-32(35-21-34-26)37-28-17-27(33-3)30(19-31(28)42-5)40-10-8-25(9-11-40)39-14-12-38(4)13-15-39/h6-7,16-22,25,33H,8-15H2,1-5H3,(H,34,35,37). The van der Waals surface area contributed by atoms with E-state index in [4.69, 9.17) is 4.74 Å². The van der Waals surface area contributed by atoms with Crippen LogP contribution in [0.4, 0.5) is 22.9 Å². The highest BCUT2D eigenvalue weighted by molar-refractivity contribution is 5.85. The summed E-state index contributed by atoms with van der Waals surface area (Å²) in [5.41, 5.74) is 6.09. The Kier molecular flexibility index (Phi) is 8.17. The van der Waals surface area contributed by atoms with Crippen molar-refractivity contribution in [1.82, 2.24) is 29.5 Å². The molecule has 2 aromatic carbocycles. The first-order chi connectivity index (χ1) is 20.4. The van der Waals surface area contributed by atoms with Crippen molar-refractivity contribution in [1.29, 1.82) is 0 Å². The van der Waals surface area contributed by atoms with Gasteiger partial charge in [0.1, 0.15) is 17.9 Å². The first-order valence-electron chi connectivity index (χ1n) is 15.1. The van der Waals surface area contributed by atoms with Crippen molar-refractivity contribution in [3.8, 4) is 17.0 Å². The number of hydrogen-bond donors (Lipinski definition) is 2. The Morgan fingerprint density at radius 2 is 1.71 bits per heavy atom. The van der Waals surface area contributed by atoms with Crippen molar-refractivity contribution >= 4 is 33.8 Å². The zero-order chi connectivity index (χ0) is 29.2. The number of piperidine rings is 1. The van der Waals surface area contributed by atoms with E-state index in [9.17, 15) is 0 Å². The Balaban J connectivity index is 1.19. The summed E-state index contributed by atoms with van der Waals surface area (Å²) < 4.78 is 7.92. The van der Waals surface area contributed by atoms with Gasteiger partial charge in [-0.2, -0.15) is 5.10 Å². The lowest BCUT2D eigenvalue weighted by atomic mass is 10.0. The number of hydrogen-bond acceptors (Lipinski definition) is 9. The summed E-state index contributed by atoms with van der Waals surface area (Å²) in [5.74, 6) is 1.49. The van der Waals surface area contributed by atoms with Gasteiger partial charge in [0.2, 0.25) is 0 Å². The Labute approximate surface area is 248 Å². The van der Waals surface area contributed by atoms with Gasteiger partial charge in [-0.1, -0.05) is 6.07 Å². The minimum absolute atomic E-state index is 0.306. The molecule has 2 saturated heterocycles. The van der Waals surface area contributed by atoms with Gasteiger partial charge in [-0.15, -0.1) is 0 Å². The number of anilines is 4. The number of benzene rings is 2. The van der Waals surface area contributed by atoms with Crippen LogP contribution in [0.5, 0.6) is 5.75 Å². The first-order valence-corrected chi connectivity index (χ1v) is 15.1. The van der Waals surface area contributed by atoms with Crippen LogP contribution in [-0.2, 0) is 0 Å². The quantitative estimate of drug-likeness (QED) is 0.302. The minimum atomic E-state index is 0.306. The van der Waals surface area contributed by atoms with Crippen LogP contribution < -0.4 is 20.3 Å². The molecule has 2 aromatic heterocycles. The zero-order valence-electron chi connectivity index (χ0n) is 25.5. The van der Waals surface area contributed by atoms with Gasteiger partial charge >= 0.3 is 0 Å². The SMILES string of the molecule is CNc1cc(Nc2cc(-c3ccc4c(cnn4C(C)C)c3)ncn2)c(OC)cc1N1CCC(N2CCN(C)CC2)CC1. The van der Waals surface area contributed by atoms with Crippen molar-refractivity contribution in [3.63, 3.8) is 0 Å². The molecule has 0 amide bonds. The first kappa shape index (κ1) is 28.2. The summed E-state index contributed by atoms with van der Waals surface area (Å²) in [4.78, 5) is 16.7. The summed E-state index contributed by atoms with van der Waals surface area (Å²) >= 11 is 0. The molecule has 4 aromatic rings. The lowest BCUT2D eigenvalue weighted by Crippen LogP contribution is -2.52. The third-order valence-corrected chi connectivity index (χ3v) is 8.76. The number of ether oxygens (including phenoxy) is 1. The average Bonchev–Trinajstić information content (AvgIpc) is 3.45. The molecule has 222 valence electrons. The normalized spacial score (nSPS) is 17.2. The van der Waals surface area contributed by atoms with Gasteiger partial charge in [0.05, 0.1) is 41.6 Å². The van der Waals surface area contributed by atoms with Gasteiger partial charge in [-0.3, -0.25) is 9.58 Å². The molecule has 2 N–H and O–H groups in total. The average molecular weight is 570 g/mol. The van der Waals surface area contributed by atoms with E-state index in [1.807, 2.05) is 24.0 Å². The highest BCUT2D eigenvalue weighted by atomic mass is 16.5. The van der Waals surface area contributed by atoms with Crippen molar-refractivity contribution in [2.24, 2.45) is 0 Å². The molecule has 0 unspecified atom stereocenters. The number of fused-ring (bicyclic) bond motifs is 1. The molecule has 6 rings (SSSR count). The molecule has 0 atom stereocenters. The van der Waals surface area contributed by atoms with Crippen LogP contribution in [0.3, 0.4) is 0 Å². The van der Waals surface area contributed by atoms with Crippen molar-refractivity contribution in [3.05, 3.63) is 48.9 Å². The van der Waals surface area contributed by atoms with Gasteiger partial charge in [0, 0.05) is 81.5 Å². The van der Waals surface area contributed by atoms with Gasteiger partial charge in [-0.05, 0) is 51.9 Å². The van der Waals surface area contributed by atoms with E-state index in [2.05, 4.69) is 91.6 Å². The smallest absolute Gasteiger partial charge is 0.144 e. The number of nitrogens with one attached hydrogen (secondary N) is 2. The number of likely N-dealkylation sites (N-methyl/N-ethyl adjacent to an activating group) is 1. The molecule has 2 fully saturated rings. The fraction of sp³-hybridized carbons (Fsp3) is 0.469. The number of piperazine rings is 1. The molecule has 0 aliphatic carbocycles. The van der Waals surface area contributed by atoms with E-state index in [1.54, 1.807) is 13.4 Å². The molecule has 42 heavy (non-hydrogen) atoms. The Morgan fingerprint density at radius 3 is 2.43 bits per heavy atom. The van der Waals surface area contributed by atoms with Gasteiger partial charge < -0.3 is 25.2 Å². The largest absolute Gasteiger partial charge is 0.494 e. The van der Waals surface area contributed by atoms with E-state index >= 15 is 0 Å². The van der Waals surface area contributed by atoms with Gasteiger partial charge in [-0.25, -0.2) is 9.97 Å². The van der Waals surface area contributed by atoms with Crippen molar-refractivity contribution < 1.29 is 4.74 Å². The highest BCUT2D eigenvalue weighted by Crippen LogP contribution is 2.39. The predicted molar refractivity (Wildman–Crippen MR) is 171 cm³/mol. The lowest BCUT2D eigenvalue weighted by molar-refractivity contribution is 0.0982. The summed E-state index contributed by atoms with van der Waals surface area (Å²) in [6.45, 7) is 11.1. The lowest BCUT2D eigenvalue weighted by Gasteiger charge is -2.43. The molecule has 0 radical (unpaired) electrons. The van der Waals surface area contributed by atoms with Crippen LogP contribution in [0.2, 0.25) is 0 Å². The molecule has 2 aliphatic heterocycles. The number of nitrogens with zero attached hydrogens (tertiary/aromatic N) is 7.